The molecule has 1 amide bonds. The summed E-state index contributed by atoms with van der Waals surface area (Å²) in [7, 11) is 1.72. The number of hydrogen-bond acceptors (Lipinski definition) is 4. The first-order valence-corrected chi connectivity index (χ1v) is 8.84. The van der Waals surface area contributed by atoms with E-state index in [1.54, 1.807) is 16.3 Å². The van der Waals surface area contributed by atoms with Crippen LogP contribution in [0.4, 0.5) is 0 Å². The van der Waals surface area contributed by atoms with Crippen molar-refractivity contribution < 1.29 is 4.79 Å². The van der Waals surface area contributed by atoms with E-state index in [1.807, 2.05) is 37.3 Å². The summed E-state index contributed by atoms with van der Waals surface area (Å²) < 4.78 is 3.31. The standard InChI is InChI=1S/C19H21N5O2/c1-12-17-18(24(22-12)14-6-4-3-5-7-14)23(2)19(26)15(21-17)10-11-16(25)20-13-8-9-13/h3-7,13H,8-11H2,1-2H3,(H,20,25). The van der Waals surface area contributed by atoms with Gasteiger partial charge in [0.25, 0.3) is 5.56 Å². The number of hydrogen-bond donors (Lipinski definition) is 1. The van der Waals surface area contributed by atoms with E-state index >= 15 is 0 Å². The fourth-order valence-corrected chi connectivity index (χ4v) is 3.08. The average Bonchev–Trinajstić information content (AvgIpc) is 3.39. The summed E-state index contributed by atoms with van der Waals surface area (Å²) in [4.78, 5) is 29.2. The van der Waals surface area contributed by atoms with E-state index in [2.05, 4.69) is 15.4 Å². The molecule has 0 saturated heterocycles. The Kier molecular flexibility index (Phi) is 4.06. The van der Waals surface area contributed by atoms with Crippen LogP contribution in [0.5, 0.6) is 0 Å². The Balaban J connectivity index is 1.71. The zero-order valence-electron chi connectivity index (χ0n) is 14.9. The number of amides is 1. The molecule has 2 heterocycles. The highest BCUT2D eigenvalue weighted by molar-refractivity contribution is 5.77. The highest BCUT2D eigenvalue weighted by Crippen LogP contribution is 2.20. The normalized spacial score (nSPS) is 13.9. The number of nitrogens with zero attached hydrogens (tertiary/aromatic N) is 4. The van der Waals surface area contributed by atoms with Gasteiger partial charge in [0.15, 0.2) is 5.65 Å². The predicted molar refractivity (Wildman–Crippen MR) is 98.3 cm³/mol. The van der Waals surface area contributed by atoms with Crippen molar-refractivity contribution in [2.75, 3.05) is 0 Å². The van der Waals surface area contributed by atoms with Crippen LogP contribution >= 0.6 is 0 Å². The number of aromatic nitrogens is 4. The minimum Gasteiger partial charge on any atom is -0.353 e. The molecule has 1 saturated carbocycles. The van der Waals surface area contributed by atoms with Gasteiger partial charge in [0.2, 0.25) is 5.91 Å². The van der Waals surface area contributed by atoms with Gasteiger partial charge >= 0.3 is 0 Å². The van der Waals surface area contributed by atoms with Crippen LogP contribution in [0.3, 0.4) is 0 Å². The van der Waals surface area contributed by atoms with E-state index < -0.39 is 0 Å². The number of para-hydroxylation sites is 1. The van der Waals surface area contributed by atoms with Crippen molar-refractivity contribution in [2.24, 2.45) is 7.05 Å². The monoisotopic (exact) mass is 351 g/mol. The van der Waals surface area contributed by atoms with Gasteiger partial charge in [-0.15, -0.1) is 0 Å². The fraction of sp³-hybridized carbons (Fsp3) is 0.368. The molecule has 0 spiro atoms. The lowest BCUT2D eigenvalue weighted by Crippen LogP contribution is -2.28. The van der Waals surface area contributed by atoms with Crippen molar-refractivity contribution in [3.63, 3.8) is 0 Å². The Labute approximate surface area is 150 Å². The van der Waals surface area contributed by atoms with Gasteiger partial charge in [-0.05, 0) is 31.9 Å². The first-order valence-electron chi connectivity index (χ1n) is 8.84. The van der Waals surface area contributed by atoms with Gasteiger partial charge in [-0.25, -0.2) is 9.67 Å². The molecule has 1 aromatic carbocycles. The van der Waals surface area contributed by atoms with E-state index in [1.165, 1.54) is 0 Å². The molecule has 4 rings (SSSR count). The Hall–Kier alpha value is -2.96. The largest absolute Gasteiger partial charge is 0.353 e. The van der Waals surface area contributed by atoms with Gasteiger partial charge < -0.3 is 5.32 Å². The summed E-state index contributed by atoms with van der Waals surface area (Å²) in [5.74, 6) is -0.0202. The molecule has 0 unspecified atom stereocenters. The van der Waals surface area contributed by atoms with Gasteiger partial charge in [-0.3, -0.25) is 14.2 Å². The second-order valence-corrected chi connectivity index (χ2v) is 6.77. The van der Waals surface area contributed by atoms with E-state index in [4.69, 9.17) is 0 Å². The van der Waals surface area contributed by atoms with E-state index in [0.717, 1.165) is 24.2 Å². The predicted octanol–water partition coefficient (Wildman–Crippen LogP) is 1.64. The number of carbonyl (C=O) groups excluding carboxylic acids is 1. The summed E-state index contributed by atoms with van der Waals surface area (Å²) in [5, 5.41) is 7.50. The van der Waals surface area contributed by atoms with Gasteiger partial charge in [-0.1, -0.05) is 18.2 Å². The van der Waals surface area contributed by atoms with Gasteiger partial charge in [0, 0.05) is 25.9 Å². The first-order chi connectivity index (χ1) is 12.5. The topological polar surface area (TPSA) is 81.8 Å². The molecule has 2 aromatic heterocycles. The SMILES string of the molecule is Cc1nn(-c2ccccc2)c2c1nc(CCC(=O)NC1CC1)c(=O)n2C. The lowest BCUT2D eigenvalue weighted by Gasteiger charge is -2.09. The Morgan fingerprint density at radius 3 is 2.69 bits per heavy atom. The quantitative estimate of drug-likeness (QED) is 0.758. The van der Waals surface area contributed by atoms with Crippen molar-refractivity contribution in [3.8, 4) is 5.69 Å². The molecule has 1 aliphatic rings. The summed E-state index contributed by atoms with van der Waals surface area (Å²) in [6, 6.07) is 9.99. The molecule has 0 bridgehead atoms. The number of aryl methyl sites for hydroxylation is 3. The highest BCUT2D eigenvalue weighted by Gasteiger charge is 2.23. The summed E-state index contributed by atoms with van der Waals surface area (Å²) >= 11 is 0. The number of nitrogens with one attached hydrogen (secondary N) is 1. The van der Waals surface area contributed by atoms with Crippen molar-refractivity contribution in [3.05, 3.63) is 52.1 Å². The van der Waals surface area contributed by atoms with Crippen LogP contribution in [0.25, 0.3) is 16.9 Å². The maximum atomic E-state index is 12.8. The summed E-state index contributed by atoms with van der Waals surface area (Å²) in [6.45, 7) is 1.88. The van der Waals surface area contributed by atoms with Crippen LogP contribution in [-0.2, 0) is 18.3 Å². The van der Waals surface area contributed by atoms with Gasteiger partial charge in [-0.2, -0.15) is 5.10 Å². The third-order valence-corrected chi connectivity index (χ3v) is 4.65. The number of carbonyl (C=O) groups is 1. The molecule has 0 atom stereocenters. The minimum absolute atomic E-state index is 0.0202. The van der Waals surface area contributed by atoms with Crippen molar-refractivity contribution in [1.29, 1.82) is 0 Å². The lowest BCUT2D eigenvalue weighted by molar-refractivity contribution is -0.121. The molecule has 26 heavy (non-hydrogen) atoms. The van der Waals surface area contributed by atoms with E-state index in [9.17, 15) is 9.59 Å². The molecule has 0 aliphatic heterocycles. The molecular weight excluding hydrogens is 330 g/mol. The minimum atomic E-state index is -0.186. The van der Waals surface area contributed by atoms with Crippen LogP contribution in [0.1, 0.15) is 30.7 Å². The van der Waals surface area contributed by atoms with Crippen LogP contribution < -0.4 is 10.9 Å². The molecule has 1 aliphatic carbocycles. The number of benzene rings is 1. The zero-order chi connectivity index (χ0) is 18.3. The second kappa shape index (κ2) is 6.40. The zero-order valence-corrected chi connectivity index (χ0v) is 14.9. The molecule has 134 valence electrons. The van der Waals surface area contributed by atoms with Crippen molar-refractivity contribution >= 4 is 17.1 Å². The van der Waals surface area contributed by atoms with Crippen LogP contribution in [0, 0.1) is 6.92 Å². The molecule has 1 fully saturated rings. The molecule has 0 radical (unpaired) electrons. The third kappa shape index (κ3) is 3.00. The molecule has 7 heteroatoms. The average molecular weight is 351 g/mol. The summed E-state index contributed by atoms with van der Waals surface area (Å²) in [5.41, 5.74) is 3.19. The Morgan fingerprint density at radius 1 is 1.27 bits per heavy atom. The fourth-order valence-electron chi connectivity index (χ4n) is 3.08. The second-order valence-electron chi connectivity index (χ2n) is 6.77. The first kappa shape index (κ1) is 16.5. The van der Waals surface area contributed by atoms with Gasteiger partial charge in [0.1, 0.15) is 11.2 Å². The van der Waals surface area contributed by atoms with Crippen molar-refractivity contribution in [1.82, 2.24) is 24.6 Å². The Morgan fingerprint density at radius 2 is 2.00 bits per heavy atom. The van der Waals surface area contributed by atoms with E-state index in [0.29, 0.717) is 29.3 Å². The maximum absolute atomic E-state index is 12.8. The van der Waals surface area contributed by atoms with Crippen LogP contribution in [0.2, 0.25) is 0 Å². The Bertz CT molecular complexity index is 1030. The highest BCUT2D eigenvalue weighted by atomic mass is 16.1. The smallest absolute Gasteiger partial charge is 0.273 e. The number of fused-ring (bicyclic) bond motifs is 1. The van der Waals surface area contributed by atoms with Crippen molar-refractivity contribution in [2.45, 2.75) is 38.6 Å². The van der Waals surface area contributed by atoms with Gasteiger partial charge in [0.05, 0.1) is 11.4 Å². The number of rotatable bonds is 5. The summed E-state index contributed by atoms with van der Waals surface area (Å²) in [6.07, 6.45) is 2.71. The molecule has 1 N–H and O–H groups in total. The molecule has 3 aromatic rings. The van der Waals surface area contributed by atoms with E-state index in [-0.39, 0.29) is 17.9 Å². The molecule has 7 nitrogen and oxygen atoms in total. The molecular formula is C19H21N5O2. The maximum Gasteiger partial charge on any atom is 0.273 e. The lowest BCUT2D eigenvalue weighted by atomic mass is 10.2. The van der Waals surface area contributed by atoms with Crippen LogP contribution in [0.15, 0.2) is 35.1 Å². The van der Waals surface area contributed by atoms with Crippen LogP contribution in [-0.4, -0.2) is 31.3 Å². The third-order valence-electron chi connectivity index (χ3n) is 4.65.